The summed E-state index contributed by atoms with van der Waals surface area (Å²) in [7, 11) is 0. The molecule has 0 spiro atoms. The number of carbonyl (C=O) groups excluding carboxylic acids is 1. The Morgan fingerprint density at radius 3 is 2.90 bits per heavy atom. The lowest BCUT2D eigenvalue weighted by Gasteiger charge is -2.10. The number of amides is 1. The summed E-state index contributed by atoms with van der Waals surface area (Å²) in [4.78, 5) is 24.1. The molecule has 0 saturated heterocycles. The Morgan fingerprint density at radius 2 is 2.10 bits per heavy atom. The summed E-state index contributed by atoms with van der Waals surface area (Å²) < 4.78 is 37.7. The molecule has 0 saturated carbocycles. The van der Waals surface area contributed by atoms with E-state index < -0.39 is 12.0 Å². The summed E-state index contributed by atoms with van der Waals surface area (Å²) in [5.41, 5.74) is 1.13. The number of ether oxygens (including phenoxy) is 1. The molecule has 0 fully saturated rings. The smallest absolute Gasteiger partial charge is 0.289 e. The summed E-state index contributed by atoms with van der Waals surface area (Å²) >= 11 is 5.72. The van der Waals surface area contributed by atoms with Crippen molar-refractivity contribution in [3.63, 3.8) is 0 Å². The second kappa shape index (κ2) is 7.31. The first-order valence-electron chi connectivity index (χ1n) is 9.30. The van der Waals surface area contributed by atoms with E-state index in [9.17, 15) is 13.6 Å². The van der Waals surface area contributed by atoms with Gasteiger partial charge < -0.3 is 19.8 Å². The lowest BCUT2D eigenvalue weighted by atomic mass is 10.1. The number of aromatic nitrogens is 3. The molecular formula is C20H14ClF2N5O3. The fraction of sp³-hybridized carbons (Fsp3) is 0.200. The van der Waals surface area contributed by atoms with Crippen molar-refractivity contribution in [2.24, 2.45) is 0 Å². The van der Waals surface area contributed by atoms with E-state index in [1.165, 1.54) is 6.07 Å². The molecule has 0 bridgehead atoms. The van der Waals surface area contributed by atoms with Gasteiger partial charge in [-0.1, -0.05) is 0 Å². The zero-order valence-electron chi connectivity index (χ0n) is 15.9. The van der Waals surface area contributed by atoms with Crippen LogP contribution in [0.3, 0.4) is 0 Å². The number of carbonyl (C=O) groups is 1. The molecule has 31 heavy (non-hydrogen) atoms. The van der Waals surface area contributed by atoms with Crippen molar-refractivity contribution in [2.75, 3.05) is 11.9 Å². The highest BCUT2D eigenvalue weighted by atomic mass is 35.5. The van der Waals surface area contributed by atoms with Crippen molar-refractivity contribution in [3.8, 4) is 11.8 Å². The summed E-state index contributed by atoms with van der Waals surface area (Å²) in [5.74, 6) is -0.417. The van der Waals surface area contributed by atoms with Crippen LogP contribution in [0, 0.1) is 0 Å². The molecule has 8 nitrogen and oxygen atoms in total. The quantitative estimate of drug-likeness (QED) is 0.441. The highest BCUT2D eigenvalue weighted by molar-refractivity contribution is 6.28. The van der Waals surface area contributed by atoms with Crippen LogP contribution in [-0.2, 0) is 0 Å². The van der Waals surface area contributed by atoms with Gasteiger partial charge in [0, 0.05) is 30.2 Å². The maximum absolute atomic E-state index is 13.2. The minimum atomic E-state index is -2.84. The summed E-state index contributed by atoms with van der Waals surface area (Å²) in [6.45, 7) is 2.42. The summed E-state index contributed by atoms with van der Waals surface area (Å²) in [6, 6.07) is 6.55. The molecule has 1 amide bonds. The van der Waals surface area contributed by atoms with Crippen LogP contribution in [0.15, 0.2) is 34.9 Å². The number of hydrogen-bond donors (Lipinski definition) is 2. The van der Waals surface area contributed by atoms with Gasteiger partial charge in [-0.15, -0.1) is 0 Å². The van der Waals surface area contributed by atoms with Crippen molar-refractivity contribution in [2.45, 2.75) is 19.4 Å². The minimum absolute atomic E-state index is 0.0532. The molecule has 1 atom stereocenters. The number of rotatable bonds is 3. The molecule has 5 rings (SSSR count). The van der Waals surface area contributed by atoms with Crippen LogP contribution in [0.4, 0.5) is 14.5 Å². The summed E-state index contributed by atoms with van der Waals surface area (Å²) in [6.07, 6.45) is -1.92. The first-order chi connectivity index (χ1) is 14.9. The predicted octanol–water partition coefficient (Wildman–Crippen LogP) is 4.70. The Morgan fingerprint density at radius 1 is 1.26 bits per heavy atom. The molecular weight excluding hydrogens is 432 g/mol. The van der Waals surface area contributed by atoms with Gasteiger partial charge >= 0.3 is 0 Å². The van der Waals surface area contributed by atoms with Crippen LogP contribution >= 0.6 is 11.6 Å². The van der Waals surface area contributed by atoms with E-state index in [2.05, 4.69) is 25.6 Å². The molecule has 1 aromatic carbocycles. The van der Waals surface area contributed by atoms with Gasteiger partial charge in [0.05, 0.1) is 22.2 Å². The average molecular weight is 446 g/mol. The van der Waals surface area contributed by atoms with Crippen molar-refractivity contribution < 1.29 is 22.7 Å². The summed E-state index contributed by atoms with van der Waals surface area (Å²) in [5, 5.41) is 7.29. The number of furan rings is 1. The lowest BCUT2D eigenvalue weighted by molar-refractivity contribution is 0.0920. The molecule has 1 aliphatic rings. The average Bonchev–Trinajstić information content (AvgIpc) is 3.04. The first-order valence-corrected chi connectivity index (χ1v) is 9.68. The number of halogens is 3. The largest absolute Gasteiger partial charge is 0.449 e. The van der Waals surface area contributed by atoms with Crippen molar-refractivity contribution in [3.05, 3.63) is 47.1 Å². The second-order valence-electron chi connectivity index (χ2n) is 7.02. The van der Waals surface area contributed by atoms with Gasteiger partial charge in [-0.2, -0.15) is 4.98 Å². The van der Waals surface area contributed by atoms with Crippen LogP contribution in [0.1, 0.15) is 29.5 Å². The fourth-order valence-corrected chi connectivity index (χ4v) is 3.57. The number of pyridine rings is 1. The molecule has 0 radical (unpaired) electrons. The number of benzene rings is 1. The second-order valence-corrected chi connectivity index (χ2v) is 7.36. The minimum Gasteiger partial charge on any atom is -0.449 e. The van der Waals surface area contributed by atoms with Crippen molar-refractivity contribution >= 4 is 45.1 Å². The third kappa shape index (κ3) is 3.38. The SMILES string of the molecule is CC1CNc2c(oc3ccc4nc(Oc5nc(Cl)ncc5C(F)F)ccc4c23)C(=O)N1. The Bertz CT molecular complexity index is 1340. The third-order valence-electron chi connectivity index (χ3n) is 4.85. The monoisotopic (exact) mass is 445 g/mol. The van der Waals surface area contributed by atoms with E-state index in [1.54, 1.807) is 18.2 Å². The van der Waals surface area contributed by atoms with Gasteiger partial charge in [0.1, 0.15) is 5.58 Å². The van der Waals surface area contributed by atoms with Crippen LogP contribution in [0.2, 0.25) is 5.28 Å². The van der Waals surface area contributed by atoms with E-state index in [0.29, 0.717) is 34.1 Å². The van der Waals surface area contributed by atoms with Gasteiger partial charge in [0.2, 0.25) is 22.8 Å². The zero-order chi connectivity index (χ0) is 21.7. The van der Waals surface area contributed by atoms with Crippen LogP contribution in [0.5, 0.6) is 11.8 Å². The van der Waals surface area contributed by atoms with Gasteiger partial charge in [-0.05, 0) is 36.7 Å². The Hall–Kier alpha value is -3.53. The topological polar surface area (TPSA) is 102 Å². The Kier molecular flexibility index (Phi) is 4.58. The van der Waals surface area contributed by atoms with Gasteiger partial charge in [0.25, 0.3) is 12.3 Å². The number of hydrogen-bond acceptors (Lipinski definition) is 7. The molecule has 1 unspecified atom stereocenters. The first kappa shape index (κ1) is 19.4. The lowest BCUT2D eigenvalue weighted by Crippen LogP contribution is -2.34. The number of fused-ring (bicyclic) bond motifs is 5. The van der Waals surface area contributed by atoms with Gasteiger partial charge in [0.15, 0.2) is 0 Å². The van der Waals surface area contributed by atoms with Crippen LogP contribution in [0.25, 0.3) is 21.9 Å². The normalized spacial score (nSPS) is 16.2. The molecule has 4 aromatic rings. The van der Waals surface area contributed by atoms with Crippen molar-refractivity contribution in [1.82, 2.24) is 20.3 Å². The number of nitrogens with one attached hydrogen (secondary N) is 2. The zero-order valence-corrected chi connectivity index (χ0v) is 16.7. The number of anilines is 1. The fourth-order valence-electron chi connectivity index (χ4n) is 3.45. The van der Waals surface area contributed by atoms with E-state index in [1.807, 2.05) is 6.92 Å². The standard InChI is InChI=1S/C20H14ClF2N5O3/c1-8-6-24-15-14-9-2-5-13(31-19-10(17(22)23)7-25-20(21)28-19)27-11(9)3-4-12(14)30-16(15)18(29)26-8/h2-5,7-8,17,24H,6H2,1H3,(H,26,29). The highest BCUT2D eigenvalue weighted by Gasteiger charge is 2.27. The van der Waals surface area contributed by atoms with Crippen LogP contribution < -0.4 is 15.4 Å². The maximum Gasteiger partial charge on any atom is 0.289 e. The number of alkyl halides is 2. The van der Waals surface area contributed by atoms with E-state index in [0.717, 1.165) is 6.20 Å². The predicted molar refractivity (Wildman–Crippen MR) is 109 cm³/mol. The van der Waals surface area contributed by atoms with Gasteiger partial charge in [-0.25, -0.2) is 18.7 Å². The van der Waals surface area contributed by atoms with E-state index in [4.69, 9.17) is 20.8 Å². The third-order valence-corrected chi connectivity index (χ3v) is 5.03. The Labute approximate surface area is 178 Å². The van der Waals surface area contributed by atoms with Crippen LogP contribution in [-0.4, -0.2) is 33.4 Å². The molecule has 3 aromatic heterocycles. The molecule has 1 aliphatic heterocycles. The molecule has 2 N–H and O–H groups in total. The highest BCUT2D eigenvalue weighted by Crippen LogP contribution is 2.38. The Balaban J connectivity index is 1.60. The van der Waals surface area contributed by atoms with Gasteiger partial charge in [-0.3, -0.25) is 4.79 Å². The van der Waals surface area contributed by atoms with E-state index >= 15 is 0 Å². The van der Waals surface area contributed by atoms with E-state index in [-0.39, 0.29) is 34.8 Å². The molecule has 0 aliphatic carbocycles. The number of nitrogens with zero attached hydrogens (tertiary/aromatic N) is 3. The van der Waals surface area contributed by atoms with Crippen molar-refractivity contribution in [1.29, 1.82) is 0 Å². The molecule has 11 heteroatoms. The maximum atomic E-state index is 13.2. The molecule has 158 valence electrons. The molecule has 4 heterocycles.